The highest BCUT2D eigenvalue weighted by Crippen LogP contribution is 2.27. The first-order valence-electron chi connectivity index (χ1n) is 7.30. The molecule has 0 spiro atoms. The first-order valence-corrected chi connectivity index (χ1v) is 7.30. The minimum atomic E-state index is -4.51. The number of benzene rings is 1. The quantitative estimate of drug-likeness (QED) is 0.812. The number of aromatic nitrogens is 2. The van der Waals surface area contributed by atoms with Gasteiger partial charge in [0, 0.05) is 13.2 Å². The fourth-order valence-electron chi connectivity index (χ4n) is 1.99. The molecule has 0 unspecified atom stereocenters. The molecule has 0 atom stereocenters. The Bertz CT molecular complexity index is 698. The van der Waals surface area contributed by atoms with E-state index in [2.05, 4.69) is 5.10 Å². The summed E-state index contributed by atoms with van der Waals surface area (Å²) in [5.41, 5.74) is 0.0526. The van der Waals surface area contributed by atoms with Gasteiger partial charge in [-0.15, -0.1) is 0 Å². The lowest BCUT2D eigenvalue weighted by Crippen LogP contribution is -2.33. The van der Waals surface area contributed by atoms with E-state index in [1.54, 1.807) is 7.05 Å². The second-order valence-electron chi connectivity index (χ2n) is 5.38. The molecule has 24 heavy (non-hydrogen) atoms. The molecule has 0 N–H and O–H groups in total. The van der Waals surface area contributed by atoms with E-state index < -0.39 is 11.9 Å². The zero-order valence-electron chi connectivity index (χ0n) is 13.4. The lowest BCUT2D eigenvalue weighted by Gasteiger charge is -2.17. The number of carbonyl (C=O) groups excluding carboxylic acids is 1. The Hall–Kier alpha value is -2.51. The van der Waals surface area contributed by atoms with E-state index >= 15 is 0 Å². The number of halogens is 3. The molecule has 0 saturated heterocycles. The van der Waals surface area contributed by atoms with Crippen LogP contribution in [0.4, 0.5) is 13.2 Å². The van der Waals surface area contributed by atoms with Crippen molar-refractivity contribution in [1.82, 2.24) is 14.7 Å². The molecule has 0 radical (unpaired) electrons. The lowest BCUT2D eigenvalue weighted by atomic mass is 10.2. The van der Waals surface area contributed by atoms with Crippen molar-refractivity contribution in [2.75, 3.05) is 20.2 Å². The van der Waals surface area contributed by atoms with Crippen LogP contribution in [0.1, 0.15) is 11.3 Å². The van der Waals surface area contributed by atoms with Gasteiger partial charge in [0.2, 0.25) is 5.91 Å². The van der Waals surface area contributed by atoms with Crippen molar-refractivity contribution < 1.29 is 22.7 Å². The highest BCUT2D eigenvalue weighted by molar-refractivity contribution is 5.75. The Morgan fingerprint density at radius 3 is 2.71 bits per heavy atom. The van der Waals surface area contributed by atoms with E-state index in [9.17, 15) is 18.0 Å². The molecule has 8 heteroatoms. The van der Waals surface area contributed by atoms with Crippen LogP contribution in [0, 0.1) is 6.92 Å². The maximum Gasteiger partial charge on any atom is 0.435 e. The third-order valence-corrected chi connectivity index (χ3v) is 3.34. The zero-order valence-corrected chi connectivity index (χ0v) is 13.4. The average Bonchev–Trinajstić information content (AvgIpc) is 2.96. The number of likely N-dealkylation sites (N-methyl/N-ethyl adjacent to an activating group) is 1. The second kappa shape index (κ2) is 7.37. The first kappa shape index (κ1) is 17.8. The van der Waals surface area contributed by atoms with Gasteiger partial charge in [0.1, 0.15) is 18.9 Å². The van der Waals surface area contributed by atoms with Gasteiger partial charge in [-0.25, -0.2) is 0 Å². The number of alkyl halides is 3. The Kier molecular flexibility index (Phi) is 5.48. The smallest absolute Gasteiger partial charge is 0.435 e. The van der Waals surface area contributed by atoms with E-state index in [0.29, 0.717) is 18.9 Å². The molecular weight excluding hydrogens is 323 g/mol. The van der Waals surface area contributed by atoms with Crippen molar-refractivity contribution >= 4 is 5.91 Å². The number of hydrogen-bond donors (Lipinski definition) is 0. The maximum absolute atomic E-state index is 12.5. The van der Waals surface area contributed by atoms with Crippen molar-refractivity contribution in [2.24, 2.45) is 0 Å². The third-order valence-electron chi connectivity index (χ3n) is 3.34. The molecule has 0 aliphatic carbocycles. The Balaban J connectivity index is 1.81. The maximum atomic E-state index is 12.5. The highest BCUT2D eigenvalue weighted by atomic mass is 19.4. The third kappa shape index (κ3) is 5.00. The molecule has 0 bridgehead atoms. The standard InChI is InChI=1S/C16H18F3N3O2/c1-12-4-3-5-13(10-12)24-9-8-21(2)15(23)11-22-7-6-14(20-22)16(17,18)19/h3-7,10H,8-9,11H2,1-2H3. The summed E-state index contributed by atoms with van der Waals surface area (Å²) in [5.74, 6) is 0.359. The molecule has 0 fully saturated rings. The predicted molar refractivity (Wildman–Crippen MR) is 81.5 cm³/mol. The molecule has 0 saturated carbocycles. The van der Waals surface area contributed by atoms with Crippen molar-refractivity contribution in [1.29, 1.82) is 0 Å². The summed E-state index contributed by atoms with van der Waals surface area (Å²) in [4.78, 5) is 13.4. The van der Waals surface area contributed by atoms with Gasteiger partial charge < -0.3 is 9.64 Å². The van der Waals surface area contributed by atoms with Crippen LogP contribution in [0.15, 0.2) is 36.5 Å². The Morgan fingerprint density at radius 2 is 2.08 bits per heavy atom. The van der Waals surface area contributed by atoms with Gasteiger partial charge in [0.15, 0.2) is 5.69 Å². The molecule has 1 aromatic heterocycles. The summed E-state index contributed by atoms with van der Waals surface area (Å²) in [6.07, 6.45) is -3.38. The summed E-state index contributed by atoms with van der Waals surface area (Å²) < 4.78 is 43.9. The molecule has 0 aliphatic rings. The minimum Gasteiger partial charge on any atom is -0.492 e. The summed E-state index contributed by atoms with van der Waals surface area (Å²) >= 11 is 0. The minimum absolute atomic E-state index is 0.253. The van der Waals surface area contributed by atoms with E-state index in [-0.39, 0.29) is 12.5 Å². The van der Waals surface area contributed by atoms with Gasteiger partial charge in [-0.1, -0.05) is 12.1 Å². The number of amides is 1. The van der Waals surface area contributed by atoms with Crippen LogP contribution in [0.3, 0.4) is 0 Å². The largest absolute Gasteiger partial charge is 0.492 e. The molecule has 2 aromatic rings. The molecular formula is C16H18F3N3O2. The topological polar surface area (TPSA) is 47.4 Å². The molecule has 1 heterocycles. The summed E-state index contributed by atoms with van der Waals surface area (Å²) in [5, 5.41) is 3.35. The fourth-order valence-corrected chi connectivity index (χ4v) is 1.99. The van der Waals surface area contributed by atoms with Gasteiger partial charge in [-0.05, 0) is 30.7 Å². The zero-order chi connectivity index (χ0) is 17.7. The number of carbonyl (C=O) groups is 1. The molecule has 5 nitrogen and oxygen atoms in total. The van der Waals surface area contributed by atoms with Gasteiger partial charge in [0.25, 0.3) is 0 Å². The Morgan fingerprint density at radius 1 is 1.33 bits per heavy atom. The normalized spacial score (nSPS) is 11.4. The van der Waals surface area contributed by atoms with E-state index in [1.165, 1.54) is 4.90 Å². The van der Waals surface area contributed by atoms with Crippen molar-refractivity contribution in [3.63, 3.8) is 0 Å². The van der Waals surface area contributed by atoms with Crippen molar-refractivity contribution in [3.05, 3.63) is 47.8 Å². The van der Waals surface area contributed by atoms with E-state index in [0.717, 1.165) is 22.5 Å². The number of rotatable bonds is 6. The molecule has 1 aromatic carbocycles. The SMILES string of the molecule is Cc1cccc(OCCN(C)C(=O)Cn2ccc(C(F)(F)F)n2)c1. The van der Waals surface area contributed by atoms with Gasteiger partial charge in [-0.2, -0.15) is 18.3 Å². The summed E-state index contributed by atoms with van der Waals surface area (Å²) in [6, 6.07) is 8.35. The number of nitrogens with zero attached hydrogens (tertiary/aromatic N) is 3. The van der Waals surface area contributed by atoms with Crippen LogP contribution in [0.25, 0.3) is 0 Å². The Labute approximate surface area is 137 Å². The molecule has 2 rings (SSSR count). The van der Waals surface area contributed by atoms with Crippen LogP contribution in [-0.4, -0.2) is 40.8 Å². The summed E-state index contributed by atoms with van der Waals surface area (Å²) in [7, 11) is 1.57. The van der Waals surface area contributed by atoms with Gasteiger partial charge >= 0.3 is 6.18 Å². The number of hydrogen-bond acceptors (Lipinski definition) is 3. The van der Waals surface area contributed by atoms with Crippen LogP contribution in [-0.2, 0) is 17.5 Å². The van der Waals surface area contributed by atoms with Crippen LogP contribution in [0.5, 0.6) is 5.75 Å². The predicted octanol–water partition coefficient (Wildman–Crippen LogP) is 2.75. The average molecular weight is 341 g/mol. The fraction of sp³-hybridized carbons (Fsp3) is 0.375. The lowest BCUT2D eigenvalue weighted by molar-refractivity contribution is -0.142. The monoisotopic (exact) mass is 341 g/mol. The molecule has 1 amide bonds. The van der Waals surface area contributed by atoms with Crippen molar-refractivity contribution in [3.8, 4) is 5.75 Å². The van der Waals surface area contributed by atoms with Crippen LogP contribution >= 0.6 is 0 Å². The van der Waals surface area contributed by atoms with Crippen molar-refractivity contribution in [2.45, 2.75) is 19.6 Å². The van der Waals surface area contributed by atoms with Crippen LogP contribution in [0.2, 0.25) is 0 Å². The summed E-state index contributed by atoms with van der Waals surface area (Å²) in [6.45, 7) is 2.30. The van der Waals surface area contributed by atoms with E-state index in [4.69, 9.17) is 4.74 Å². The second-order valence-corrected chi connectivity index (χ2v) is 5.38. The van der Waals surface area contributed by atoms with Crippen LogP contribution < -0.4 is 4.74 Å². The molecule has 130 valence electrons. The molecule has 0 aliphatic heterocycles. The highest BCUT2D eigenvalue weighted by Gasteiger charge is 2.33. The number of aryl methyl sites for hydroxylation is 1. The van der Waals surface area contributed by atoms with Gasteiger partial charge in [-0.3, -0.25) is 9.48 Å². The first-order chi connectivity index (χ1) is 11.3. The van der Waals surface area contributed by atoms with E-state index in [1.807, 2.05) is 31.2 Å². The van der Waals surface area contributed by atoms with Gasteiger partial charge in [0.05, 0.1) is 6.54 Å². The number of ether oxygens (including phenoxy) is 1.